The van der Waals surface area contributed by atoms with Crippen LogP contribution in [0.3, 0.4) is 0 Å². The van der Waals surface area contributed by atoms with Crippen LogP contribution in [-0.2, 0) is 15.7 Å². The SMILES string of the molecule is COC(=O)C(Cl)c1cccc(C(F)(F)F)c1. The summed E-state index contributed by atoms with van der Waals surface area (Å²) < 4.78 is 41.4. The molecule has 16 heavy (non-hydrogen) atoms. The van der Waals surface area contributed by atoms with Gasteiger partial charge < -0.3 is 4.74 Å². The Balaban J connectivity index is 3.04. The van der Waals surface area contributed by atoms with Crippen LogP contribution < -0.4 is 0 Å². The lowest BCUT2D eigenvalue weighted by molar-refractivity contribution is -0.141. The number of halogens is 4. The molecule has 1 rings (SSSR count). The van der Waals surface area contributed by atoms with Crippen LogP contribution in [0.5, 0.6) is 0 Å². The Hall–Kier alpha value is -1.23. The summed E-state index contributed by atoms with van der Waals surface area (Å²) in [6.07, 6.45) is -4.46. The highest BCUT2D eigenvalue weighted by atomic mass is 35.5. The molecule has 1 unspecified atom stereocenters. The third-order valence-electron chi connectivity index (χ3n) is 1.91. The van der Waals surface area contributed by atoms with Gasteiger partial charge in [0, 0.05) is 0 Å². The molecule has 0 aromatic heterocycles. The van der Waals surface area contributed by atoms with Gasteiger partial charge in [0.25, 0.3) is 0 Å². The molecule has 0 aliphatic rings. The van der Waals surface area contributed by atoms with Gasteiger partial charge in [-0.15, -0.1) is 11.6 Å². The standard InChI is InChI=1S/C10H8ClF3O2/c1-16-9(15)8(11)6-3-2-4-7(5-6)10(12,13)14/h2-5,8H,1H3. The van der Waals surface area contributed by atoms with Crippen LogP contribution in [0.25, 0.3) is 0 Å². The molecule has 1 aromatic carbocycles. The molecule has 0 aliphatic carbocycles. The van der Waals surface area contributed by atoms with Crippen molar-refractivity contribution in [3.8, 4) is 0 Å². The second-order valence-electron chi connectivity index (χ2n) is 3.01. The first-order chi connectivity index (χ1) is 7.36. The van der Waals surface area contributed by atoms with Gasteiger partial charge >= 0.3 is 12.1 Å². The Labute approximate surface area is 95.0 Å². The predicted octanol–water partition coefficient (Wildman–Crippen LogP) is 3.16. The van der Waals surface area contributed by atoms with Crippen LogP contribution >= 0.6 is 11.6 Å². The molecular weight excluding hydrogens is 245 g/mol. The topological polar surface area (TPSA) is 26.3 Å². The molecule has 0 spiro atoms. The summed E-state index contributed by atoms with van der Waals surface area (Å²) in [5.74, 6) is -0.791. The molecular formula is C10H8ClF3O2. The van der Waals surface area contributed by atoms with Gasteiger partial charge in [-0.2, -0.15) is 13.2 Å². The van der Waals surface area contributed by atoms with Gasteiger partial charge in [0.2, 0.25) is 0 Å². The second kappa shape index (κ2) is 4.74. The van der Waals surface area contributed by atoms with E-state index in [0.29, 0.717) is 0 Å². The van der Waals surface area contributed by atoms with Gasteiger partial charge in [0.1, 0.15) is 0 Å². The molecule has 0 saturated carbocycles. The van der Waals surface area contributed by atoms with Crippen LogP contribution in [-0.4, -0.2) is 13.1 Å². The molecule has 0 amide bonds. The van der Waals surface area contributed by atoms with E-state index in [9.17, 15) is 18.0 Å². The summed E-state index contributed by atoms with van der Waals surface area (Å²) >= 11 is 5.64. The average Bonchev–Trinajstić information content (AvgIpc) is 2.26. The molecule has 1 aromatic rings. The number of carbonyl (C=O) groups excluding carboxylic acids is 1. The molecule has 0 fully saturated rings. The number of hydrogen-bond acceptors (Lipinski definition) is 2. The fourth-order valence-corrected chi connectivity index (χ4v) is 1.34. The molecule has 0 N–H and O–H groups in total. The summed E-state index contributed by atoms with van der Waals surface area (Å²) in [4.78, 5) is 11.0. The summed E-state index contributed by atoms with van der Waals surface area (Å²) in [5, 5.41) is -1.23. The average molecular weight is 253 g/mol. The largest absolute Gasteiger partial charge is 0.468 e. The number of alkyl halides is 4. The summed E-state index contributed by atoms with van der Waals surface area (Å²) in [6, 6.07) is 4.26. The molecule has 0 bridgehead atoms. The minimum Gasteiger partial charge on any atom is -0.468 e. The minimum absolute atomic E-state index is 0.0586. The van der Waals surface area contributed by atoms with Gasteiger partial charge in [0.05, 0.1) is 12.7 Å². The first kappa shape index (κ1) is 12.8. The molecule has 0 saturated heterocycles. The number of esters is 1. The van der Waals surface area contributed by atoms with Crippen molar-refractivity contribution in [2.24, 2.45) is 0 Å². The van der Waals surface area contributed by atoms with E-state index in [2.05, 4.69) is 4.74 Å². The zero-order valence-corrected chi connectivity index (χ0v) is 8.97. The minimum atomic E-state index is -4.46. The quantitative estimate of drug-likeness (QED) is 0.597. The van der Waals surface area contributed by atoms with Gasteiger partial charge in [-0.05, 0) is 17.7 Å². The van der Waals surface area contributed by atoms with Crippen LogP contribution in [0.2, 0.25) is 0 Å². The molecule has 1 atom stereocenters. The summed E-state index contributed by atoms with van der Waals surface area (Å²) in [7, 11) is 1.12. The Morgan fingerprint density at radius 1 is 1.44 bits per heavy atom. The number of ether oxygens (including phenoxy) is 1. The molecule has 2 nitrogen and oxygen atoms in total. The number of rotatable bonds is 2. The molecule has 88 valence electrons. The maximum Gasteiger partial charge on any atom is 0.416 e. The van der Waals surface area contributed by atoms with Gasteiger partial charge in [-0.25, -0.2) is 0 Å². The normalized spacial score (nSPS) is 13.3. The van der Waals surface area contributed by atoms with Gasteiger partial charge in [0.15, 0.2) is 5.38 Å². The van der Waals surface area contributed by atoms with Gasteiger partial charge in [-0.3, -0.25) is 4.79 Å². The number of carbonyl (C=O) groups is 1. The van der Waals surface area contributed by atoms with E-state index in [1.807, 2.05) is 0 Å². The van der Waals surface area contributed by atoms with E-state index >= 15 is 0 Å². The first-order valence-corrected chi connectivity index (χ1v) is 4.69. The summed E-state index contributed by atoms with van der Waals surface area (Å²) in [5.41, 5.74) is -0.789. The Morgan fingerprint density at radius 2 is 2.06 bits per heavy atom. The number of benzene rings is 1. The Morgan fingerprint density at radius 3 is 2.56 bits per heavy atom. The lowest BCUT2D eigenvalue weighted by Crippen LogP contribution is -2.11. The van der Waals surface area contributed by atoms with Crippen LogP contribution in [0.1, 0.15) is 16.5 Å². The smallest absolute Gasteiger partial charge is 0.416 e. The van der Waals surface area contributed by atoms with Gasteiger partial charge in [-0.1, -0.05) is 12.1 Å². The van der Waals surface area contributed by atoms with Crippen molar-refractivity contribution in [2.75, 3.05) is 7.11 Å². The second-order valence-corrected chi connectivity index (χ2v) is 3.45. The van der Waals surface area contributed by atoms with Crippen molar-refractivity contribution >= 4 is 17.6 Å². The maximum absolute atomic E-state index is 12.4. The highest BCUT2D eigenvalue weighted by Gasteiger charge is 2.31. The first-order valence-electron chi connectivity index (χ1n) is 4.25. The van der Waals surface area contributed by atoms with Crippen molar-refractivity contribution in [1.29, 1.82) is 0 Å². The summed E-state index contributed by atoms with van der Waals surface area (Å²) in [6.45, 7) is 0. The fraction of sp³-hybridized carbons (Fsp3) is 0.300. The van der Waals surface area contributed by atoms with E-state index in [4.69, 9.17) is 11.6 Å². The molecule has 0 heterocycles. The van der Waals surface area contributed by atoms with E-state index in [1.54, 1.807) is 0 Å². The number of hydrogen-bond donors (Lipinski definition) is 0. The highest BCUT2D eigenvalue weighted by molar-refractivity contribution is 6.29. The predicted molar refractivity (Wildman–Crippen MR) is 52.1 cm³/mol. The molecule has 0 radical (unpaired) electrons. The van der Waals surface area contributed by atoms with Crippen molar-refractivity contribution < 1.29 is 22.7 Å². The third kappa shape index (κ3) is 2.88. The van der Waals surface area contributed by atoms with Crippen molar-refractivity contribution in [1.82, 2.24) is 0 Å². The number of methoxy groups -OCH3 is 1. The Kier molecular flexibility index (Phi) is 3.80. The molecule has 0 aliphatic heterocycles. The van der Waals surface area contributed by atoms with Crippen LogP contribution in [0.15, 0.2) is 24.3 Å². The molecule has 6 heteroatoms. The van der Waals surface area contributed by atoms with Crippen LogP contribution in [0.4, 0.5) is 13.2 Å². The monoisotopic (exact) mass is 252 g/mol. The van der Waals surface area contributed by atoms with Crippen molar-refractivity contribution in [2.45, 2.75) is 11.6 Å². The zero-order valence-electron chi connectivity index (χ0n) is 8.22. The third-order valence-corrected chi connectivity index (χ3v) is 2.34. The van der Waals surface area contributed by atoms with E-state index in [1.165, 1.54) is 12.1 Å². The lowest BCUT2D eigenvalue weighted by Gasteiger charge is -2.11. The Bertz CT molecular complexity index is 390. The van der Waals surface area contributed by atoms with E-state index in [0.717, 1.165) is 19.2 Å². The fourth-order valence-electron chi connectivity index (χ4n) is 1.11. The van der Waals surface area contributed by atoms with E-state index < -0.39 is 23.1 Å². The zero-order chi connectivity index (χ0) is 12.3. The highest BCUT2D eigenvalue weighted by Crippen LogP contribution is 2.32. The van der Waals surface area contributed by atoms with Crippen molar-refractivity contribution in [3.63, 3.8) is 0 Å². The lowest BCUT2D eigenvalue weighted by atomic mass is 10.1. The van der Waals surface area contributed by atoms with E-state index in [-0.39, 0.29) is 5.56 Å². The van der Waals surface area contributed by atoms with Crippen molar-refractivity contribution in [3.05, 3.63) is 35.4 Å². The maximum atomic E-state index is 12.4. The van der Waals surface area contributed by atoms with Crippen LogP contribution in [0, 0.1) is 0 Å².